The number of thioether (sulfide) groups is 1. The van der Waals surface area contributed by atoms with Crippen LogP contribution in [0.2, 0.25) is 0 Å². The second-order valence-electron chi connectivity index (χ2n) is 6.14. The monoisotopic (exact) mass is 406 g/mol. The molecule has 3 rings (SSSR count). The maximum Gasteiger partial charge on any atom is 0.240 e. The van der Waals surface area contributed by atoms with E-state index in [1.807, 2.05) is 18.2 Å². The van der Waals surface area contributed by atoms with Crippen molar-refractivity contribution < 1.29 is 17.9 Å². The number of benzene rings is 2. The zero-order chi connectivity index (χ0) is 19.4. The van der Waals surface area contributed by atoms with E-state index in [2.05, 4.69) is 4.72 Å². The fourth-order valence-corrected chi connectivity index (χ4v) is 4.96. The van der Waals surface area contributed by atoms with E-state index < -0.39 is 10.0 Å². The predicted octanol–water partition coefficient (Wildman–Crippen LogP) is 3.02. The molecule has 1 heterocycles. The Bertz CT molecular complexity index is 944. The predicted molar refractivity (Wildman–Crippen MR) is 107 cm³/mol. The van der Waals surface area contributed by atoms with E-state index in [1.165, 1.54) is 6.92 Å². The van der Waals surface area contributed by atoms with Gasteiger partial charge in [-0.3, -0.25) is 4.79 Å². The van der Waals surface area contributed by atoms with Gasteiger partial charge < -0.3 is 9.64 Å². The van der Waals surface area contributed by atoms with Crippen molar-refractivity contribution in [1.29, 1.82) is 0 Å². The first-order chi connectivity index (χ1) is 12.9. The van der Waals surface area contributed by atoms with E-state index in [0.29, 0.717) is 18.0 Å². The van der Waals surface area contributed by atoms with E-state index in [1.54, 1.807) is 48.0 Å². The number of methoxy groups -OCH3 is 1. The van der Waals surface area contributed by atoms with Gasteiger partial charge in [0.25, 0.3) is 0 Å². The van der Waals surface area contributed by atoms with Crippen molar-refractivity contribution in [2.24, 2.45) is 0 Å². The molecular formula is C19H22N2O4S2. The van der Waals surface area contributed by atoms with E-state index in [4.69, 9.17) is 4.74 Å². The smallest absolute Gasteiger partial charge is 0.240 e. The molecule has 1 aliphatic rings. The second-order valence-corrected chi connectivity index (χ2v) is 9.04. The maximum absolute atomic E-state index is 12.8. The van der Waals surface area contributed by atoms with Crippen molar-refractivity contribution >= 4 is 33.4 Å². The molecule has 2 aromatic rings. The fourth-order valence-electron chi connectivity index (χ4n) is 2.95. The fraction of sp³-hybridized carbons (Fsp3) is 0.316. The lowest BCUT2D eigenvalue weighted by Crippen LogP contribution is -2.30. The van der Waals surface area contributed by atoms with Crippen molar-refractivity contribution in [1.82, 2.24) is 4.72 Å². The van der Waals surface area contributed by atoms with Gasteiger partial charge in [-0.05, 0) is 36.4 Å². The van der Waals surface area contributed by atoms with Crippen LogP contribution in [0.5, 0.6) is 5.75 Å². The number of amides is 1. The zero-order valence-corrected chi connectivity index (χ0v) is 16.9. The van der Waals surface area contributed by atoms with Crippen LogP contribution in [0.1, 0.15) is 18.9 Å². The van der Waals surface area contributed by atoms with Crippen molar-refractivity contribution in [3.8, 4) is 5.75 Å². The summed E-state index contributed by atoms with van der Waals surface area (Å²) in [5.41, 5.74) is 1.41. The Morgan fingerprint density at radius 3 is 2.78 bits per heavy atom. The van der Waals surface area contributed by atoms with Crippen LogP contribution in [-0.4, -0.2) is 33.7 Å². The lowest BCUT2D eigenvalue weighted by atomic mass is 10.2. The average molecular weight is 407 g/mol. The molecule has 0 fully saturated rings. The molecule has 0 aromatic heterocycles. The summed E-state index contributed by atoms with van der Waals surface area (Å²) in [6.45, 7) is 2.21. The van der Waals surface area contributed by atoms with Gasteiger partial charge in [-0.2, -0.15) is 0 Å². The van der Waals surface area contributed by atoms with Crippen LogP contribution in [0, 0.1) is 0 Å². The first-order valence-corrected chi connectivity index (χ1v) is 11.1. The summed E-state index contributed by atoms with van der Waals surface area (Å²) in [6, 6.07) is 12.2. The van der Waals surface area contributed by atoms with Gasteiger partial charge in [-0.15, -0.1) is 11.8 Å². The summed E-state index contributed by atoms with van der Waals surface area (Å²) >= 11 is 1.64. The van der Waals surface area contributed by atoms with Gasteiger partial charge in [0.05, 0.1) is 17.7 Å². The average Bonchev–Trinajstić information content (AvgIpc) is 2.88. The van der Waals surface area contributed by atoms with Gasteiger partial charge in [0, 0.05) is 30.5 Å². The number of anilines is 1. The summed E-state index contributed by atoms with van der Waals surface area (Å²) in [5, 5.41) is 0. The van der Waals surface area contributed by atoms with Gasteiger partial charge in [0.2, 0.25) is 15.9 Å². The van der Waals surface area contributed by atoms with E-state index in [-0.39, 0.29) is 17.3 Å². The summed E-state index contributed by atoms with van der Waals surface area (Å²) in [4.78, 5) is 14.7. The Morgan fingerprint density at radius 2 is 2.04 bits per heavy atom. The SMILES string of the molecule is COc1ccccc1CNS(=O)(=O)c1ccc2c(c1)N(C(C)=O)CCCS2. The van der Waals surface area contributed by atoms with Gasteiger partial charge in [0.15, 0.2) is 0 Å². The summed E-state index contributed by atoms with van der Waals surface area (Å²) in [7, 11) is -2.18. The minimum absolute atomic E-state index is 0.0877. The van der Waals surface area contributed by atoms with Crippen LogP contribution in [0.4, 0.5) is 5.69 Å². The molecule has 0 saturated carbocycles. The standard InChI is InChI=1S/C19H22N2O4S2/c1-14(22)21-10-5-11-26-19-9-8-16(12-17(19)21)27(23,24)20-13-15-6-3-4-7-18(15)25-2/h3-4,6-9,12,20H,5,10-11,13H2,1-2H3. The summed E-state index contributed by atoms with van der Waals surface area (Å²) in [5.74, 6) is 1.44. The Labute approximate surface area is 164 Å². The van der Waals surface area contributed by atoms with Crippen LogP contribution in [0.15, 0.2) is 52.3 Å². The molecular weight excluding hydrogens is 384 g/mol. The number of rotatable bonds is 5. The number of ether oxygens (including phenoxy) is 1. The number of nitrogens with zero attached hydrogens (tertiary/aromatic N) is 1. The van der Waals surface area contributed by atoms with Crippen LogP contribution in [0.25, 0.3) is 0 Å². The Balaban J connectivity index is 1.88. The number of carbonyl (C=O) groups excluding carboxylic acids is 1. The number of hydrogen-bond acceptors (Lipinski definition) is 5. The number of hydrogen-bond donors (Lipinski definition) is 1. The third-order valence-electron chi connectivity index (χ3n) is 4.34. The van der Waals surface area contributed by atoms with Crippen LogP contribution in [-0.2, 0) is 21.4 Å². The number of para-hydroxylation sites is 1. The quantitative estimate of drug-likeness (QED) is 0.826. The highest BCUT2D eigenvalue weighted by molar-refractivity contribution is 7.99. The van der Waals surface area contributed by atoms with Crippen LogP contribution >= 0.6 is 11.8 Å². The van der Waals surface area contributed by atoms with Crippen molar-refractivity contribution in [2.45, 2.75) is 29.7 Å². The van der Waals surface area contributed by atoms with Crippen LogP contribution < -0.4 is 14.4 Å². The molecule has 1 aliphatic heterocycles. The van der Waals surface area contributed by atoms with Gasteiger partial charge in [-0.1, -0.05) is 18.2 Å². The van der Waals surface area contributed by atoms with E-state index >= 15 is 0 Å². The number of carbonyl (C=O) groups is 1. The third kappa shape index (κ3) is 4.45. The molecule has 27 heavy (non-hydrogen) atoms. The molecule has 0 unspecified atom stereocenters. The molecule has 0 aliphatic carbocycles. The highest BCUT2D eigenvalue weighted by Gasteiger charge is 2.23. The molecule has 2 aromatic carbocycles. The number of fused-ring (bicyclic) bond motifs is 1. The van der Waals surface area contributed by atoms with Crippen LogP contribution in [0.3, 0.4) is 0 Å². The first kappa shape index (κ1) is 19.7. The maximum atomic E-state index is 12.8. The number of sulfonamides is 1. The van der Waals surface area contributed by atoms with Crippen molar-refractivity contribution in [2.75, 3.05) is 24.3 Å². The lowest BCUT2D eigenvalue weighted by Gasteiger charge is -2.21. The van der Waals surface area contributed by atoms with Gasteiger partial charge in [0.1, 0.15) is 5.75 Å². The highest BCUT2D eigenvalue weighted by atomic mass is 32.2. The minimum Gasteiger partial charge on any atom is -0.496 e. The van der Waals surface area contributed by atoms with Crippen molar-refractivity contribution in [3.63, 3.8) is 0 Å². The topological polar surface area (TPSA) is 75.7 Å². The largest absolute Gasteiger partial charge is 0.496 e. The first-order valence-electron chi connectivity index (χ1n) is 8.59. The zero-order valence-electron chi connectivity index (χ0n) is 15.3. The summed E-state index contributed by atoms with van der Waals surface area (Å²) < 4.78 is 33.5. The Kier molecular flexibility index (Phi) is 6.08. The molecule has 6 nitrogen and oxygen atoms in total. The van der Waals surface area contributed by atoms with E-state index in [9.17, 15) is 13.2 Å². The molecule has 0 spiro atoms. The Morgan fingerprint density at radius 1 is 1.26 bits per heavy atom. The molecule has 0 radical (unpaired) electrons. The normalized spacial score (nSPS) is 14.4. The third-order valence-corrected chi connectivity index (χ3v) is 6.89. The number of nitrogens with one attached hydrogen (secondary N) is 1. The lowest BCUT2D eigenvalue weighted by molar-refractivity contribution is -0.116. The molecule has 8 heteroatoms. The second kappa shape index (κ2) is 8.33. The Hall–Kier alpha value is -2.03. The molecule has 0 atom stereocenters. The molecule has 0 bridgehead atoms. The minimum atomic E-state index is -3.73. The van der Waals surface area contributed by atoms with E-state index in [0.717, 1.165) is 22.6 Å². The highest BCUT2D eigenvalue weighted by Crippen LogP contribution is 2.35. The van der Waals surface area contributed by atoms with Gasteiger partial charge in [-0.25, -0.2) is 13.1 Å². The molecule has 144 valence electrons. The molecule has 0 saturated heterocycles. The molecule has 1 amide bonds. The van der Waals surface area contributed by atoms with Crippen molar-refractivity contribution in [3.05, 3.63) is 48.0 Å². The van der Waals surface area contributed by atoms with Gasteiger partial charge >= 0.3 is 0 Å². The molecule has 1 N–H and O–H groups in total. The summed E-state index contributed by atoms with van der Waals surface area (Å²) in [6.07, 6.45) is 0.868.